The number of nitrogens with one attached hydrogen (secondary N) is 1. The number of phenolic OH excluding ortho intramolecular Hbond substituents is 2. The summed E-state index contributed by atoms with van der Waals surface area (Å²) < 4.78 is 0. The highest BCUT2D eigenvalue weighted by molar-refractivity contribution is 8.13. The minimum absolute atomic E-state index is 0.0181. The van der Waals surface area contributed by atoms with Crippen molar-refractivity contribution in [3.8, 4) is 11.5 Å². The second-order valence-electron chi connectivity index (χ2n) is 9.07. The van der Waals surface area contributed by atoms with Gasteiger partial charge in [0.1, 0.15) is 0 Å². The lowest BCUT2D eigenvalue weighted by Crippen LogP contribution is -2.54. The quantitative estimate of drug-likeness (QED) is 0.379. The lowest BCUT2D eigenvalue weighted by molar-refractivity contribution is -0.145. The normalized spacial score (nSPS) is 18.5. The van der Waals surface area contributed by atoms with E-state index in [1.807, 2.05) is 24.3 Å². The van der Waals surface area contributed by atoms with Crippen LogP contribution in [0.1, 0.15) is 35.6 Å². The third kappa shape index (κ3) is 4.87. The number of hydrogen-bond acceptors (Lipinski definition) is 7. The van der Waals surface area contributed by atoms with Crippen LogP contribution in [0.4, 0.5) is 0 Å². The van der Waals surface area contributed by atoms with Gasteiger partial charge in [0, 0.05) is 18.2 Å². The molecule has 0 aromatic heterocycles. The van der Waals surface area contributed by atoms with E-state index in [2.05, 4.69) is 5.32 Å². The molecule has 0 heterocycles. The first-order valence-corrected chi connectivity index (χ1v) is 12.5. The second kappa shape index (κ2) is 10.2. The summed E-state index contributed by atoms with van der Waals surface area (Å²) in [4.78, 5) is 39.2. The lowest BCUT2D eigenvalue weighted by Gasteiger charge is -2.37. The van der Waals surface area contributed by atoms with Crippen molar-refractivity contribution in [2.75, 3.05) is 5.75 Å². The molecule has 36 heavy (non-hydrogen) atoms. The fourth-order valence-electron chi connectivity index (χ4n) is 4.61. The molecule has 0 spiro atoms. The Bertz CT molecular complexity index is 1310. The van der Waals surface area contributed by atoms with Gasteiger partial charge in [-0.2, -0.15) is 0 Å². The molecule has 4 rings (SSSR count). The van der Waals surface area contributed by atoms with Crippen molar-refractivity contribution in [3.63, 3.8) is 0 Å². The summed E-state index contributed by atoms with van der Waals surface area (Å²) in [6.45, 7) is 1.43. The average Bonchev–Trinajstić information content (AvgIpc) is 2.88. The zero-order valence-electron chi connectivity index (χ0n) is 19.7. The highest BCUT2D eigenvalue weighted by atomic mass is 32.2. The maximum atomic E-state index is 13.7. The van der Waals surface area contributed by atoms with Gasteiger partial charge in [0.2, 0.25) is 5.91 Å². The van der Waals surface area contributed by atoms with Crippen molar-refractivity contribution in [2.24, 2.45) is 5.41 Å². The van der Waals surface area contributed by atoms with Crippen LogP contribution in [-0.2, 0) is 32.8 Å². The lowest BCUT2D eigenvalue weighted by atomic mass is 9.72. The first-order valence-electron chi connectivity index (χ1n) is 11.5. The molecule has 8 heteroatoms. The van der Waals surface area contributed by atoms with E-state index in [1.54, 1.807) is 18.2 Å². The first-order chi connectivity index (χ1) is 17.2. The molecule has 2 unspecified atom stereocenters. The van der Waals surface area contributed by atoms with Gasteiger partial charge in [0.15, 0.2) is 22.2 Å². The summed E-state index contributed by atoms with van der Waals surface area (Å²) in [6.07, 6.45) is 1.41. The smallest absolute Gasteiger partial charge is 0.267 e. The van der Waals surface area contributed by atoms with Crippen LogP contribution < -0.4 is 5.32 Å². The molecule has 186 valence electrons. The number of carbonyl (C=O) groups is 3. The van der Waals surface area contributed by atoms with Crippen molar-refractivity contribution < 1.29 is 29.7 Å². The minimum Gasteiger partial charge on any atom is -0.504 e. The van der Waals surface area contributed by atoms with E-state index in [1.165, 1.54) is 25.1 Å². The van der Waals surface area contributed by atoms with E-state index in [0.29, 0.717) is 19.3 Å². The zero-order valence-corrected chi connectivity index (χ0v) is 20.5. The molecule has 4 N–H and O–H groups in total. The molecule has 1 aliphatic carbocycles. The van der Waals surface area contributed by atoms with Gasteiger partial charge in [-0.05, 0) is 48.1 Å². The minimum atomic E-state index is -2.33. The molecule has 7 nitrogen and oxygen atoms in total. The van der Waals surface area contributed by atoms with Gasteiger partial charge >= 0.3 is 0 Å². The van der Waals surface area contributed by atoms with Crippen LogP contribution in [0.3, 0.4) is 0 Å². The number of rotatable bonds is 6. The van der Waals surface area contributed by atoms with Crippen LogP contribution in [0.5, 0.6) is 11.5 Å². The number of benzene rings is 3. The fourth-order valence-corrected chi connectivity index (χ4v) is 5.46. The summed E-state index contributed by atoms with van der Waals surface area (Å²) in [7, 11) is 0. The third-order valence-corrected chi connectivity index (χ3v) is 7.80. The topological polar surface area (TPSA) is 124 Å². The number of amides is 2. The van der Waals surface area contributed by atoms with Gasteiger partial charge in [-0.1, -0.05) is 72.4 Å². The van der Waals surface area contributed by atoms with E-state index in [4.69, 9.17) is 0 Å². The van der Waals surface area contributed by atoms with Gasteiger partial charge in [-0.3, -0.25) is 19.7 Å². The van der Waals surface area contributed by atoms with Crippen LogP contribution >= 0.6 is 11.8 Å². The molecule has 0 saturated heterocycles. The average molecular weight is 506 g/mol. The van der Waals surface area contributed by atoms with E-state index in [9.17, 15) is 29.7 Å². The van der Waals surface area contributed by atoms with Crippen molar-refractivity contribution in [3.05, 3.63) is 95.1 Å². The van der Waals surface area contributed by atoms with Crippen LogP contribution in [0, 0.1) is 5.41 Å². The Morgan fingerprint density at radius 2 is 1.58 bits per heavy atom. The molecule has 2 atom stereocenters. The monoisotopic (exact) mass is 505 g/mol. The molecular weight excluding hydrogens is 478 g/mol. The Labute approximate surface area is 213 Å². The summed E-state index contributed by atoms with van der Waals surface area (Å²) in [6, 6.07) is 19.4. The maximum Gasteiger partial charge on any atom is 0.267 e. The number of aromatic hydroxyl groups is 2. The Morgan fingerprint density at radius 1 is 0.917 bits per heavy atom. The number of aliphatic hydroxyl groups is 1. The van der Waals surface area contributed by atoms with Gasteiger partial charge in [-0.25, -0.2) is 0 Å². The summed E-state index contributed by atoms with van der Waals surface area (Å²) >= 11 is 1.04. The van der Waals surface area contributed by atoms with Gasteiger partial charge in [0.05, 0.1) is 5.41 Å². The maximum absolute atomic E-state index is 13.7. The molecule has 0 radical (unpaired) electrons. The Morgan fingerprint density at radius 3 is 2.25 bits per heavy atom. The fraction of sp³-hybridized carbons (Fsp3) is 0.250. The molecule has 0 saturated carbocycles. The number of carbonyl (C=O) groups excluding carboxylic acids is 3. The number of phenols is 2. The zero-order chi connectivity index (χ0) is 25.9. The number of fused-ring (bicyclic) bond motifs is 1. The first kappa shape index (κ1) is 25.5. The number of thioether (sulfide) groups is 1. The largest absolute Gasteiger partial charge is 0.504 e. The Kier molecular flexibility index (Phi) is 7.19. The Balaban J connectivity index is 1.70. The van der Waals surface area contributed by atoms with E-state index in [0.717, 1.165) is 35.0 Å². The van der Waals surface area contributed by atoms with E-state index >= 15 is 0 Å². The van der Waals surface area contributed by atoms with Crippen LogP contribution in [0.25, 0.3) is 0 Å². The molecule has 3 aromatic carbocycles. The molecule has 1 aliphatic rings. The highest BCUT2D eigenvalue weighted by Gasteiger charge is 2.46. The van der Waals surface area contributed by atoms with Gasteiger partial charge < -0.3 is 15.3 Å². The van der Waals surface area contributed by atoms with Crippen LogP contribution in [-0.4, -0.2) is 38.0 Å². The number of hydrogen-bond donors (Lipinski definition) is 4. The predicted octanol–water partition coefficient (Wildman–Crippen LogP) is 3.43. The van der Waals surface area contributed by atoms with Crippen molar-refractivity contribution in [1.82, 2.24) is 5.32 Å². The SMILES string of the molecule is CC(=O)SCC1(C(=O)NC(=O)C(O)(c2ccccc2)c2ccc(O)c(O)c2)CCc2ccccc2C1. The van der Waals surface area contributed by atoms with Crippen molar-refractivity contribution in [1.29, 1.82) is 0 Å². The standard InChI is InChI=1S/C28H27NO6S/c1-18(30)36-17-27(14-13-19-7-5-6-8-20(19)16-27)25(33)29-26(34)28(35,21-9-3-2-4-10-21)22-11-12-23(31)24(32)15-22/h2-12,15,31-32,35H,13-14,16-17H2,1H3,(H,29,33,34). The molecule has 3 aromatic rings. The van der Waals surface area contributed by atoms with Crippen molar-refractivity contribution >= 4 is 28.7 Å². The molecule has 0 aliphatic heterocycles. The summed E-state index contributed by atoms with van der Waals surface area (Å²) in [5.41, 5.74) is -1.09. The highest BCUT2D eigenvalue weighted by Crippen LogP contribution is 2.40. The second-order valence-corrected chi connectivity index (χ2v) is 10.2. The van der Waals surface area contributed by atoms with Gasteiger partial charge in [-0.15, -0.1) is 0 Å². The van der Waals surface area contributed by atoms with E-state index in [-0.39, 0.29) is 22.0 Å². The van der Waals surface area contributed by atoms with Crippen LogP contribution in [0.2, 0.25) is 0 Å². The summed E-state index contributed by atoms with van der Waals surface area (Å²) in [5.74, 6) is -2.30. The van der Waals surface area contributed by atoms with Crippen molar-refractivity contribution in [2.45, 2.75) is 31.8 Å². The van der Waals surface area contributed by atoms with Crippen LogP contribution in [0.15, 0.2) is 72.8 Å². The predicted molar refractivity (Wildman–Crippen MR) is 136 cm³/mol. The van der Waals surface area contributed by atoms with Gasteiger partial charge in [0.25, 0.3) is 5.91 Å². The van der Waals surface area contributed by atoms with E-state index < -0.39 is 34.3 Å². The third-order valence-electron chi connectivity index (χ3n) is 6.69. The molecular formula is C28H27NO6S. The number of aryl methyl sites for hydroxylation is 1. The molecule has 0 bridgehead atoms. The molecule has 0 fully saturated rings. The summed E-state index contributed by atoms with van der Waals surface area (Å²) in [5, 5.41) is 33.8. The Hall–Kier alpha value is -3.62. The number of imide groups is 1. The molecule has 2 amide bonds.